The van der Waals surface area contributed by atoms with Crippen molar-refractivity contribution in [2.75, 3.05) is 20.3 Å². The highest BCUT2D eigenvalue weighted by atomic mass is 16.5. The molecule has 3 rings (SSSR count). The summed E-state index contributed by atoms with van der Waals surface area (Å²) in [6.07, 6.45) is 1.66. The third kappa shape index (κ3) is 2.26. The molecule has 2 unspecified atom stereocenters. The zero-order valence-electron chi connectivity index (χ0n) is 11.3. The minimum atomic E-state index is -0.154. The molecule has 0 bridgehead atoms. The van der Waals surface area contributed by atoms with E-state index in [1.165, 1.54) is 0 Å². The first-order valence-electron chi connectivity index (χ1n) is 6.70. The van der Waals surface area contributed by atoms with Gasteiger partial charge < -0.3 is 10.1 Å². The Labute approximate surface area is 117 Å². The van der Waals surface area contributed by atoms with Crippen LogP contribution in [0.2, 0.25) is 0 Å². The molecule has 5 nitrogen and oxygen atoms in total. The molecule has 1 aromatic heterocycles. The average molecular weight is 271 g/mol. The second kappa shape index (κ2) is 5.56. The number of carbonyl (C=O) groups excluding carboxylic acids is 1. The van der Waals surface area contributed by atoms with Gasteiger partial charge in [0.1, 0.15) is 5.69 Å². The van der Waals surface area contributed by atoms with Crippen LogP contribution in [0.4, 0.5) is 0 Å². The highest BCUT2D eigenvalue weighted by Gasteiger charge is 2.35. The second-order valence-corrected chi connectivity index (χ2v) is 4.87. The van der Waals surface area contributed by atoms with Gasteiger partial charge in [-0.2, -0.15) is 5.10 Å². The highest BCUT2D eigenvalue weighted by Crippen LogP contribution is 2.20. The van der Waals surface area contributed by atoms with Crippen molar-refractivity contribution in [1.29, 1.82) is 0 Å². The molecule has 0 saturated carbocycles. The van der Waals surface area contributed by atoms with Gasteiger partial charge in [-0.1, -0.05) is 18.2 Å². The SMILES string of the molecule is CNC1COCC1C(=O)c1ccnn1-c1ccccc1. The Balaban J connectivity index is 1.92. The maximum atomic E-state index is 12.7. The molecule has 5 heteroatoms. The number of nitrogens with zero attached hydrogens (tertiary/aromatic N) is 2. The van der Waals surface area contributed by atoms with Crippen molar-refractivity contribution < 1.29 is 9.53 Å². The fourth-order valence-electron chi connectivity index (χ4n) is 2.55. The lowest BCUT2D eigenvalue weighted by Crippen LogP contribution is -2.37. The smallest absolute Gasteiger partial charge is 0.188 e. The van der Waals surface area contributed by atoms with E-state index in [4.69, 9.17) is 4.74 Å². The number of ether oxygens (including phenoxy) is 1. The van der Waals surface area contributed by atoms with E-state index in [0.29, 0.717) is 18.9 Å². The van der Waals surface area contributed by atoms with Crippen LogP contribution >= 0.6 is 0 Å². The predicted octanol–water partition coefficient (Wildman–Crippen LogP) is 1.29. The first-order chi connectivity index (χ1) is 9.81. The van der Waals surface area contributed by atoms with Gasteiger partial charge in [0.15, 0.2) is 5.78 Å². The van der Waals surface area contributed by atoms with Crippen LogP contribution in [0.1, 0.15) is 10.5 Å². The van der Waals surface area contributed by atoms with E-state index in [1.54, 1.807) is 16.9 Å². The van der Waals surface area contributed by atoms with Gasteiger partial charge >= 0.3 is 0 Å². The quantitative estimate of drug-likeness (QED) is 0.851. The molecule has 0 spiro atoms. The minimum absolute atomic E-state index is 0.0709. The maximum absolute atomic E-state index is 12.7. The number of hydrogen-bond donors (Lipinski definition) is 1. The van der Waals surface area contributed by atoms with Gasteiger partial charge in [-0.15, -0.1) is 0 Å². The standard InChI is InChI=1S/C15H17N3O2/c1-16-13-10-20-9-12(13)15(19)14-7-8-17-18(14)11-5-3-2-4-6-11/h2-8,12-13,16H,9-10H2,1H3. The van der Waals surface area contributed by atoms with Crippen molar-refractivity contribution >= 4 is 5.78 Å². The summed E-state index contributed by atoms with van der Waals surface area (Å²) in [6, 6.07) is 11.5. The van der Waals surface area contributed by atoms with Crippen molar-refractivity contribution in [3.05, 3.63) is 48.3 Å². The number of rotatable bonds is 4. The molecule has 2 heterocycles. The van der Waals surface area contributed by atoms with Crippen molar-refractivity contribution in [3.8, 4) is 5.69 Å². The fraction of sp³-hybridized carbons (Fsp3) is 0.333. The number of likely N-dealkylation sites (N-methyl/N-ethyl adjacent to an activating group) is 1. The van der Waals surface area contributed by atoms with Crippen molar-refractivity contribution in [3.63, 3.8) is 0 Å². The highest BCUT2D eigenvalue weighted by molar-refractivity contribution is 5.97. The zero-order valence-corrected chi connectivity index (χ0v) is 11.3. The lowest BCUT2D eigenvalue weighted by molar-refractivity contribution is 0.0884. The van der Waals surface area contributed by atoms with Crippen molar-refractivity contribution in [2.45, 2.75) is 6.04 Å². The van der Waals surface area contributed by atoms with Gasteiger partial charge in [0.25, 0.3) is 0 Å². The Morgan fingerprint density at radius 2 is 2.10 bits per heavy atom. The van der Waals surface area contributed by atoms with Crippen LogP contribution in [0.15, 0.2) is 42.6 Å². The monoisotopic (exact) mass is 271 g/mol. The van der Waals surface area contributed by atoms with E-state index >= 15 is 0 Å². The third-order valence-corrected chi connectivity index (χ3v) is 3.68. The molecule has 2 atom stereocenters. The molecule has 20 heavy (non-hydrogen) atoms. The third-order valence-electron chi connectivity index (χ3n) is 3.68. The fourth-order valence-corrected chi connectivity index (χ4v) is 2.55. The van der Waals surface area contributed by atoms with Gasteiger partial charge in [0, 0.05) is 6.04 Å². The van der Waals surface area contributed by atoms with Crippen LogP contribution in [-0.4, -0.2) is 41.9 Å². The first kappa shape index (κ1) is 13.0. The summed E-state index contributed by atoms with van der Waals surface area (Å²) in [5, 5.41) is 7.40. The summed E-state index contributed by atoms with van der Waals surface area (Å²) in [5.74, 6) is -0.0811. The summed E-state index contributed by atoms with van der Waals surface area (Å²) < 4.78 is 7.10. The van der Waals surface area contributed by atoms with E-state index in [0.717, 1.165) is 5.69 Å². The summed E-state index contributed by atoms with van der Waals surface area (Å²) in [7, 11) is 1.86. The van der Waals surface area contributed by atoms with Gasteiger partial charge in [-0.05, 0) is 25.2 Å². The first-order valence-corrected chi connectivity index (χ1v) is 6.70. The molecular formula is C15H17N3O2. The van der Waals surface area contributed by atoms with Crippen LogP contribution in [-0.2, 0) is 4.74 Å². The Bertz CT molecular complexity index is 594. The summed E-state index contributed by atoms with van der Waals surface area (Å²) in [4.78, 5) is 12.7. The Morgan fingerprint density at radius 1 is 1.30 bits per heavy atom. The molecule has 1 N–H and O–H groups in total. The lowest BCUT2D eigenvalue weighted by atomic mass is 9.96. The Morgan fingerprint density at radius 3 is 2.85 bits per heavy atom. The minimum Gasteiger partial charge on any atom is -0.379 e. The molecule has 1 saturated heterocycles. The number of Topliss-reactive ketones (excluding diaryl/α,β-unsaturated/α-hetero) is 1. The number of benzene rings is 1. The van der Waals surface area contributed by atoms with E-state index in [2.05, 4.69) is 10.4 Å². The maximum Gasteiger partial charge on any atom is 0.188 e. The molecule has 0 amide bonds. The van der Waals surface area contributed by atoms with Crippen LogP contribution < -0.4 is 5.32 Å². The van der Waals surface area contributed by atoms with E-state index in [9.17, 15) is 4.79 Å². The van der Waals surface area contributed by atoms with E-state index in [1.807, 2.05) is 37.4 Å². The van der Waals surface area contributed by atoms with E-state index < -0.39 is 0 Å². The van der Waals surface area contributed by atoms with Crippen LogP contribution in [0, 0.1) is 5.92 Å². The topological polar surface area (TPSA) is 56.1 Å². The Hall–Kier alpha value is -1.98. The van der Waals surface area contributed by atoms with Crippen molar-refractivity contribution in [2.24, 2.45) is 5.92 Å². The molecule has 0 aliphatic carbocycles. The van der Waals surface area contributed by atoms with Gasteiger partial charge in [-0.25, -0.2) is 4.68 Å². The molecular weight excluding hydrogens is 254 g/mol. The molecule has 1 aliphatic rings. The zero-order chi connectivity index (χ0) is 13.9. The molecule has 1 aliphatic heterocycles. The molecule has 104 valence electrons. The summed E-state index contributed by atoms with van der Waals surface area (Å²) in [5.41, 5.74) is 1.49. The lowest BCUT2D eigenvalue weighted by Gasteiger charge is -2.16. The predicted molar refractivity (Wildman–Crippen MR) is 75.1 cm³/mol. The number of carbonyl (C=O) groups is 1. The number of hydrogen-bond acceptors (Lipinski definition) is 4. The van der Waals surface area contributed by atoms with Gasteiger partial charge in [0.2, 0.25) is 0 Å². The van der Waals surface area contributed by atoms with Crippen LogP contribution in [0.3, 0.4) is 0 Å². The number of nitrogens with one attached hydrogen (secondary N) is 1. The number of aromatic nitrogens is 2. The van der Waals surface area contributed by atoms with Gasteiger partial charge in [0.05, 0.1) is 31.0 Å². The van der Waals surface area contributed by atoms with Crippen LogP contribution in [0.5, 0.6) is 0 Å². The molecule has 1 aromatic carbocycles. The summed E-state index contributed by atoms with van der Waals surface area (Å²) >= 11 is 0. The summed E-state index contributed by atoms with van der Waals surface area (Å²) in [6.45, 7) is 1.04. The molecule has 2 aromatic rings. The van der Waals surface area contributed by atoms with Crippen LogP contribution in [0.25, 0.3) is 5.69 Å². The molecule has 1 fully saturated rings. The van der Waals surface area contributed by atoms with Crippen molar-refractivity contribution in [1.82, 2.24) is 15.1 Å². The van der Waals surface area contributed by atoms with E-state index in [-0.39, 0.29) is 17.7 Å². The molecule has 0 radical (unpaired) electrons. The largest absolute Gasteiger partial charge is 0.379 e. The second-order valence-electron chi connectivity index (χ2n) is 4.87. The number of para-hydroxylation sites is 1. The average Bonchev–Trinajstić information content (AvgIpc) is 3.16. The van der Waals surface area contributed by atoms with Gasteiger partial charge in [-0.3, -0.25) is 4.79 Å². The Kier molecular flexibility index (Phi) is 3.62. The normalized spacial score (nSPS) is 22.1. The number of ketones is 1.